The van der Waals surface area contributed by atoms with Crippen LogP contribution in [-0.2, 0) is 6.42 Å². The highest BCUT2D eigenvalue weighted by molar-refractivity contribution is 7.80. The molecule has 0 N–H and O–H groups in total. The van der Waals surface area contributed by atoms with Crippen LogP contribution in [0.4, 0.5) is 0 Å². The summed E-state index contributed by atoms with van der Waals surface area (Å²) >= 11 is 10.6. The zero-order valence-corrected chi connectivity index (χ0v) is 13.2. The summed E-state index contributed by atoms with van der Waals surface area (Å²) in [5.41, 5.74) is 1.31. The molecule has 0 spiro atoms. The third-order valence-electron chi connectivity index (χ3n) is 3.78. The van der Waals surface area contributed by atoms with Crippen molar-refractivity contribution >= 4 is 24.2 Å². The van der Waals surface area contributed by atoms with Crippen molar-refractivity contribution in [3.8, 4) is 5.75 Å². The Morgan fingerprint density at radius 2 is 1.89 bits per heavy atom. The van der Waals surface area contributed by atoms with Crippen molar-refractivity contribution in [3.05, 3.63) is 28.8 Å². The normalized spacial score (nSPS) is 11.6. The van der Waals surface area contributed by atoms with Gasteiger partial charge >= 0.3 is 0 Å². The predicted octanol–water partition coefficient (Wildman–Crippen LogP) is 5.02. The topological polar surface area (TPSA) is 9.23 Å². The van der Waals surface area contributed by atoms with Crippen molar-refractivity contribution in [2.45, 2.75) is 40.0 Å². The minimum absolute atomic E-state index is 0.176. The first-order valence-corrected chi connectivity index (χ1v) is 7.64. The Bertz CT molecular complexity index is 366. The van der Waals surface area contributed by atoms with Crippen LogP contribution in [0, 0.1) is 5.41 Å². The van der Waals surface area contributed by atoms with Gasteiger partial charge in [0.15, 0.2) is 0 Å². The molecule has 1 rings (SSSR count). The average molecular weight is 287 g/mol. The molecule has 1 aromatic rings. The van der Waals surface area contributed by atoms with Crippen LogP contribution in [-0.4, -0.2) is 12.4 Å². The average Bonchev–Trinajstić information content (AvgIpc) is 2.42. The van der Waals surface area contributed by atoms with Gasteiger partial charge in [-0.3, -0.25) is 0 Å². The molecule has 0 aliphatic carbocycles. The molecule has 3 heteroatoms. The molecule has 1 nitrogen and oxygen atoms in total. The standard InChI is InChI=1S/C15H23ClOS/c1-4-12-9-13(7-8-14(12)16)17-10-15(5-2,6-3)11-18/h7-9,18H,4-6,10-11H2,1-3H3. The highest BCUT2D eigenvalue weighted by Gasteiger charge is 2.25. The monoisotopic (exact) mass is 286 g/mol. The van der Waals surface area contributed by atoms with E-state index < -0.39 is 0 Å². The lowest BCUT2D eigenvalue weighted by molar-refractivity contribution is 0.157. The molecule has 0 atom stereocenters. The Hall–Kier alpha value is -0.340. The molecular weight excluding hydrogens is 264 g/mol. The largest absolute Gasteiger partial charge is 0.493 e. The van der Waals surface area contributed by atoms with Crippen molar-refractivity contribution in [2.24, 2.45) is 5.41 Å². The lowest BCUT2D eigenvalue weighted by Crippen LogP contribution is -2.29. The van der Waals surface area contributed by atoms with Crippen molar-refractivity contribution in [3.63, 3.8) is 0 Å². The molecule has 0 bridgehead atoms. The lowest BCUT2D eigenvalue weighted by atomic mass is 9.85. The van der Waals surface area contributed by atoms with E-state index in [2.05, 4.69) is 33.4 Å². The van der Waals surface area contributed by atoms with E-state index in [0.29, 0.717) is 6.61 Å². The molecule has 0 aliphatic heterocycles. The number of thiol groups is 1. The predicted molar refractivity (Wildman–Crippen MR) is 83.2 cm³/mol. The zero-order chi connectivity index (χ0) is 13.6. The molecule has 0 fully saturated rings. The van der Waals surface area contributed by atoms with Crippen LogP contribution in [0.3, 0.4) is 0 Å². The molecule has 0 radical (unpaired) electrons. The number of hydrogen-bond donors (Lipinski definition) is 1. The first kappa shape index (κ1) is 15.7. The van der Waals surface area contributed by atoms with Gasteiger partial charge in [-0.2, -0.15) is 12.6 Å². The van der Waals surface area contributed by atoms with Gasteiger partial charge in [0, 0.05) is 10.4 Å². The smallest absolute Gasteiger partial charge is 0.119 e. The van der Waals surface area contributed by atoms with E-state index in [-0.39, 0.29) is 5.41 Å². The number of hydrogen-bond acceptors (Lipinski definition) is 2. The zero-order valence-electron chi connectivity index (χ0n) is 11.5. The summed E-state index contributed by atoms with van der Waals surface area (Å²) < 4.78 is 5.93. The van der Waals surface area contributed by atoms with Gasteiger partial charge in [0.05, 0.1) is 6.61 Å². The van der Waals surface area contributed by atoms with Crippen molar-refractivity contribution in [1.82, 2.24) is 0 Å². The molecule has 1 aromatic carbocycles. The van der Waals surface area contributed by atoms with E-state index >= 15 is 0 Å². The van der Waals surface area contributed by atoms with Gasteiger partial charge in [-0.1, -0.05) is 32.4 Å². The molecular formula is C15H23ClOS. The minimum atomic E-state index is 0.176. The van der Waals surface area contributed by atoms with Gasteiger partial charge in [0.2, 0.25) is 0 Å². The second-order valence-electron chi connectivity index (χ2n) is 4.76. The van der Waals surface area contributed by atoms with Gasteiger partial charge in [0.25, 0.3) is 0 Å². The van der Waals surface area contributed by atoms with E-state index in [0.717, 1.165) is 41.4 Å². The molecule has 0 saturated heterocycles. The summed E-state index contributed by atoms with van der Waals surface area (Å²) in [5, 5.41) is 0.816. The number of ether oxygens (including phenoxy) is 1. The van der Waals surface area contributed by atoms with Gasteiger partial charge in [-0.25, -0.2) is 0 Å². The van der Waals surface area contributed by atoms with Gasteiger partial charge in [-0.05, 0) is 48.8 Å². The van der Waals surface area contributed by atoms with Crippen LogP contribution >= 0.6 is 24.2 Å². The second-order valence-corrected chi connectivity index (χ2v) is 5.48. The third kappa shape index (κ3) is 3.83. The van der Waals surface area contributed by atoms with E-state index in [9.17, 15) is 0 Å². The first-order valence-electron chi connectivity index (χ1n) is 6.63. The van der Waals surface area contributed by atoms with E-state index in [1.54, 1.807) is 0 Å². The molecule has 0 aromatic heterocycles. The summed E-state index contributed by atoms with van der Waals surface area (Å²) in [4.78, 5) is 0. The molecule has 0 unspecified atom stereocenters. The van der Waals surface area contributed by atoms with Crippen LogP contribution in [0.15, 0.2) is 18.2 Å². The molecule has 0 amide bonds. The Balaban J connectivity index is 2.73. The van der Waals surface area contributed by atoms with Crippen molar-refractivity contribution < 1.29 is 4.74 Å². The first-order chi connectivity index (χ1) is 8.60. The third-order valence-corrected chi connectivity index (χ3v) is 4.82. The fraction of sp³-hybridized carbons (Fsp3) is 0.600. The van der Waals surface area contributed by atoms with E-state index in [4.69, 9.17) is 16.3 Å². The van der Waals surface area contributed by atoms with Gasteiger partial charge in [0.1, 0.15) is 5.75 Å². The fourth-order valence-corrected chi connectivity index (χ4v) is 2.66. The fourth-order valence-electron chi connectivity index (χ4n) is 1.87. The Morgan fingerprint density at radius 3 is 2.39 bits per heavy atom. The molecule has 0 aliphatic rings. The number of halogens is 1. The second kappa shape index (κ2) is 7.30. The highest BCUT2D eigenvalue weighted by Crippen LogP contribution is 2.30. The van der Waals surface area contributed by atoms with Gasteiger partial charge in [-0.15, -0.1) is 0 Å². The Morgan fingerprint density at radius 1 is 1.22 bits per heavy atom. The number of benzene rings is 1. The molecule has 0 saturated carbocycles. The van der Waals surface area contributed by atoms with Crippen LogP contribution in [0.25, 0.3) is 0 Å². The summed E-state index contributed by atoms with van der Waals surface area (Å²) in [7, 11) is 0. The van der Waals surface area contributed by atoms with E-state index in [1.165, 1.54) is 0 Å². The molecule has 102 valence electrons. The maximum absolute atomic E-state index is 6.10. The summed E-state index contributed by atoms with van der Waals surface area (Å²) in [6.45, 7) is 7.21. The van der Waals surface area contributed by atoms with Crippen molar-refractivity contribution in [2.75, 3.05) is 12.4 Å². The molecule has 0 heterocycles. The number of rotatable bonds is 7. The minimum Gasteiger partial charge on any atom is -0.493 e. The van der Waals surface area contributed by atoms with Crippen LogP contribution in [0.1, 0.15) is 39.2 Å². The lowest BCUT2D eigenvalue weighted by Gasteiger charge is -2.29. The summed E-state index contributed by atoms with van der Waals surface area (Å²) in [6.07, 6.45) is 3.09. The summed E-state index contributed by atoms with van der Waals surface area (Å²) in [6, 6.07) is 5.89. The maximum Gasteiger partial charge on any atom is 0.119 e. The SMILES string of the molecule is CCc1cc(OCC(CC)(CC)CS)ccc1Cl. The molecule has 18 heavy (non-hydrogen) atoms. The van der Waals surface area contributed by atoms with Crippen LogP contribution in [0.5, 0.6) is 5.75 Å². The Kier molecular flexibility index (Phi) is 6.37. The highest BCUT2D eigenvalue weighted by atomic mass is 35.5. The number of aryl methyl sites for hydroxylation is 1. The van der Waals surface area contributed by atoms with Crippen LogP contribution < -0.4 is 4.74 Å². The maximum atomic E-state index is 6.10. The van der Waals surface area contributed by atoms with Crippen molar-refractivity contribution in [1.29, 1.82) is 0 Å². The Labute approximate surface area is 121 Å². The quantitative estimate of drug-likeness (QED) is 0.693. The van der Waals surface area contributed by atoms with E-state index in [1.807, 2.05) is 18.2 Å². The van der Waals surface area contributed by atoms with Crippen LogP contribution in [0.2, 0.25) is 5.02 Å². The summed E-state index contributed by atoms with van der Waals surface area (Å²) in [5.74, 6) is 1.76. The van der Waals surface area contributed by atoms with Gasteiger partial charge < -0.3 is 4.74 Å².